The molecule has 1 N–H and O–H groups in total. The Morgan fingerprint density at radius 2 is 2.07 bits per heavy atom. The molecule has 0 aliphatic carbocycles. The van der Waals surface area contributed by atoms with E-state index in [-0.39, 0.29) is 0 Å². The van der Waals surface area contributed by atoms with E-state index < -0.39 is 0 Å². The quantitative estimate of drug-likeness (QED) is 0.775. The molecule has 72 valence electrons. The molecule has 2 rings (SSSR count). The second kappa shape index (κ2) is 3.42. The van der Waals surface area contributed by atoms with Gasteiger partial charge in [0, 0.05) is 16.6 Å². The zero-order valence-electron chi connectivity index (χ0n) is 8.11. The van der Waals surface area contributed by atoms with Crippen LogP contribution in [0.3, 0.4) is 0 Å². The Morgan fingerprint density at radius 3 is 2.64 bits per heavy atom. The van der Waals surface area contributed by atoms with Gasteiger partial charge < -0.3 is 5.11 Å². The highest BCUT2D eigenvalue weighted by Crippen LogP contribution is 2.27. The predicted octanol–water partition coefficient (Wildman–Crippen LogP) is 3.13. The summed E-state index contributed by atoms with van der Waals surface area (Å²) in [5, 5.41) is 12.4. The Balaban J connectivity index is 2.47. The van der Waals surface area contributed by atoms with Crippen molar-refractivity contribution in [2.75, 3.05) is 0 Å². The van der Waals surface area contributed by atoms with Gasteiger partial charge in [-0.15, -0.1) is 11.3 Å². The summed E-state index contributed by atoms with van der Waals surface area (Å²) >= 11 is 1.62. The van der Waals surface area contributed by atoms with Crippen LogP contribution in [-0.2, 0) is 0 Å². The molecule has 0 saturated carbocycles. The fraction of sp³-hybridized carbons (Fsp3) is 0.182. The number of phenols is 1. The first-order valence-corrected chi connectivity index (χ1v) is 5.27. The highest BCUT2D eigenvalue weighted by molar-refractivity contribution is 7.13. The van der Waals surface area contributed by atoms with Gasteiger partial charge in [-0.1, -0.05) is 0 Å². The van der Waals surface area contributed by atoms with Crippen LogP contribution in [0.5, 0.6) is 5.75 Å². The van der Waals surface area contributed by atoms with Crippen LogP contribution in [0.1, 0.15) is 11.3 Å². The van der Waals surface area contributed by atoms with Crippen molar-refractivity contribution < 1.29 is 5.11 Å². The summed E-state index contributed by atoms with van der Waals surface area (Å²) in [6, 6.07) is 5.55. The van der Waals surface area contributed by atoms with Gasteiger partial charge in [0.2, 0.25) is 0 Å². The monoisotopic (exact) mass is 205 g/mol. The summed E-state index contributed by atoms with van der Waals surface area (Å²) in [5.74, 6) is 0.335. The Labute approximate surface area is 86.9 Å². The number of thiazole rings is 1. The molecule has 1 aromatic heterocycles. The zero-order valence-corrected chi connectivity index (χ0v) is 8.93. The lowest BCUT2D eigenvalue weighted by Crippen LogP contribution is -1.79. The molecule has 0 unspecified atom stereocenters. The number of phenolic OH excluding ortho intramolecular Hbond substituents is 1. The Bertz CT molecular complexity index is 462. The SMILES string of the molecule is Cc1csc(-c2ccc(O)c(C)c2)n1. The van der Waals surface area contributed by atoms with E-state index in [1.165, 1.54) is 0 Å². The standard InChI is InChI=1S/C11H11NOS/c1-7-5-9(3-4-10(7)13)11-12-8(2)6-14-11/h3-6,13H,1-2H3. The van der Waals surface area contributed by atoms with Crippen molar-refractivity contribution in [1.29, 1.82) is 0 Å². The predicted molar refractivity (Wildman–Crippen MR) is 58.7 cm³/mol. The van der Waals surface area contributed by atoms with Crippen LogP contribution in [0.15, 0.2) is 23.6 Å². The van der Waals surface area contributed by atoms with Gasteiger partial charge in [-0.05, 0) is 37.6 Å². The van der Waals surface area contributed by atoms with Gasteiger partial charge in [-0.25, -0.2) is 4.98 Å². The molecule has 2 nitrogen and oxygen atoms in total. The third-order valence-corrected chi connectivity index (χ3v) is 3.07. The summed E-state index contributed by atoms with van der Waals surface area (Å²) in [5.41, 5.74) is 2.99. The van der Waals surface area contributed by atoms with E-state index in [1.807, 2.05) is 31.4 Å². The second-order valence-electron chi connectivity index (χ2n) is 3.30. The molecule has 0 aliphatic rings. The van der Waals surface area contributed by atoms with Crippen LogP contribution < -0.4 is 0 Å². The van der Waals surface area contributed by atoms with Crippen LogP contribution in [0.4, 0.5) is 0 Å². The summed E-state index contributed by atoms with van der Waals surface area (Å²) in [6.45, 7) is 3.87. The van der Waals surface area contributed by atoms with Crippen LogP contribution in [0.25, 0.3) is 10.6 Å². The number of hydrogen-bond donors (Lipinski definition) is 1. The summed E-state index contributed by atoms with van der Waals surface area (Å²) in [4.78, 5) is 4.39. The highest BCUT2D eigenvalue weighted by Gasteiger charge is 2.04. The highest BCUT2D eigenvalue weighted by atomic mass is 32.1. The summed E-state index contributed by atoms with van der Waals surface area (Å²) < 4.78 is 0. The van der Waals surface area contributed by atoms with Crippen molar-refractivity contribution in [2.24, 2.45) is 0 Å². The molecule has 1 heterocycles. The van der Waals surface area contributed by atoms with Crippen LogP contribution in [-0.4, -0.2) is 10.1 Å². The molecule has 0 atom stereocenters. The lowest BCUT2D eigenvalue weighted by atomic mass is 10.1. The first kappa shape index (κ1) is 9.21. The van der Waals surface area contributed by atoms with E-state index in [2.05, 4.69) is 4.98 Å². The Kier molecular flexibility index (Phi) is 2.25. The van der Waals surface area contributed by atoms with Gasteiger partial charge in [0.25, 0.3) is 0 Å². The Hall–Kier alpha value is -1.35. The molecular formula is C11H11NOS. The normalized spacial score (nSPS) is 10.4. The molecule has 2 aromatic rings. The number of aryl methyl sites for hydroxylation is 2. The topological polar surface area (TPSA) is 33.1 Å². The third kappa shape index (κ3) is 1.63. The van der Waals surface area contributed by atoms with Gasteiger partial charge in [-0.2, -0.15) is 0 Å². The summed E-state index contributed by atoms with van der Waals surface area (Å²) in [7, 11) is 0. The minimum atomic E-state index is 0.335. The number of aromatic hydroxyl groups is 1. The molecule has 0 spiro atoms. The molecule has 0 saturated heterocycles. The van der Waals surface area contributed by atoms with Crippen LogP contribution in [0.2, 0.25) is 0 Å². The molecule has 1 aromatic carbocycles. The van der Waals surface area contributed by atoms with E-state index in [0.29, 0.717) is 5.75 Å². The number of benzene rings is 1. The lowest BCUT2D eigenvalue weighted by Gasteiger charge is -2.00. The van der Waals surface area contributed by atoms with E-state index in [0.717, 1.165) is 21.8 Å². The average molecular weight is 205 g/mol. The number of hydrogen-bond acceptors (Lipinski definition) is 3. The maximum absolute atomic E-state index is 9.38. The first-order valence-electron chi connectivity index (χ1n) is 4.39. The molecule has 0 bridgehead atoms. The maximum atomic E-state index is 9.38. The van der Waals surface area contributed by atoms with Crippen molar-refractivity contribution in [1.82, 2.24) is 4.98 Å². The van der Waals surface area contributed by atoms with Crippen molar-refractivity contribution >= 4 is 11.3 Å². The number of nitrogens with zero attached hydrogens (tertiary/aromatic N) is 1. The van der Waals surface area contributed by atoms with Crippen molar-refractivity contribution in [3.63, 3.8) is 0 Å². The summed E-state index contributed by atoms with van der Waals surface area (Å²) in [6.07, 6.45) is 0. The van der Waals surface area contributed by atoms with E-state index in [4.69, 9.17) is 0 Å². The minimum absolute atomic E-state index is 0.335. The zero-order chi connectivity index (χ0) is 10.1. The van der Waals surface area contributed by atoms with Gasteiger partial charge in [0.15, 0.2) is 0 Å². The maximum Gasteiger partial charge on any atom is 0.123 e. The lowest BCUT2D eigenvalue weighted by molar-refractivity contribution is 0.471. The smallest absolute Gasteiger partial charge is 0.123 e. The third-order valence-electron chi connectivity index (χ3n) is 2.06. The van der Waals surface area contributed by atoms with Gasteiger partial charge in [-0.3, -0.25) is 0 Å². The van der Waals surface area contributed by atoms with Crippen molar-refractivity contribution in [3.05, 3.63) is 34.8 Å². The second-order valence-corrected chi connectivity index (χ2v) is 4.15. The Morgan fingerprint density at radius 1 is 1.29 bits per heavy atom. The molecule has 0 fully saturated rings. The largest absolute Gasteiger partial charge is 0.508 e. The molecule has 0 aliphatic heterocycles. The fourth-order valence-electron chi connectivity index (χ4n) is 1.28. The van der Waals surface area contributed by atoms with Crippen LogP contribution >= 0.6 is 11.3 Å². The molecule has 0 amide bonds. The van der Waals surface area contributed by atoms with E-state index in [9.17, 15) is 5.11 Å². The molecular weight excluding hydrogens is 194 g/mol. The molecule has 14 heavy (non-hydrogen) atoms. The van der Waals surface area contributed by atoms with Crippen molar-refractivity contribution in [3.8, 4) is 16.3 Å². The molecule has 3 heteroatoms. The molecule has 0 radical (unpaired) electrons. The van der Waals surface area contributed by atoms with Crippen molar-refractivity contribution in [2.45, 2.75) is 13.8 Å². The fourth-order valence-corrected chi connectivity index (χ4v) is 2.07. The number of rotatable bonds is 1. The van der Waals surface area contributed by atoms with E-state index in [1.54, 1.807) is 17.4 Å². The minimum Gasteiger partial charge on any atom is -0.508 e. The number of aromatic nitrogens is 1. The van der Waals surface area contributed by atoms with E-state index >= 15 is 0 Å². The average Bonchev–Trinajstić information content (AvgIpc) is 2.57. The van der Waals surface area contributed by atoms with Gasteiger partial charge in [0.1, 0.15) is 10.8 Å². The van der Waals surface area contributed by atoms with Gasteiger partial charge >= 0.3 is 0 Å². The first-order chi connectivity index (χ1) is 6.66. The van der Waals surface area contributed by atoms with Crippen LogP contribution in [0, 0.1) is 13.8 Å². The van der Waals surface area contributed by atoms with Gasteiger partial charge in [0.05, 0.1) is 0 Å².